The van der Waals surface area contributed by atoms with E-state index in [1.807, 2.05) is 25.9 Å². The van der Waals surface area contributed by atoms with Gasteiger partial charge in [0.25, 0.3) is 0 Å². The molecule has 1 aromatic rings. The van der Waals surface area contributed by atoms with Gasteiger partial charge in [0, 0.05) is 6.20 Å². The molecule has 4 heteroatoms. The van der Waals surface area contributed by atoms with Crippen LogP contribution >= 0.6 is 11.6 Å². The minimum Gasteiger partial charge on any atom is -0.302 e. The molecule has 0 atom stereocenters. The van der Waals surface area contributed by atoms with Crippen molar-refractivity contribution in [2.75, 3.05) is 14.1 Å². The zero-order valence-corrected chi connectivity index (χ0v) is 8.26. The number of hydrogen-bond acceptors (Lipinski definition) is 3. The monoisotopic (exact) mass is 185 g/mol. The molecule has 0 saturated carbocycles. The van der Waals surface area contributed by atoms with Gasteiger partial charge < -0.3 is 4.90 Å². The maximum absolute atomic E-state index is 5.78. The second kappa shape index (κ2) is 3.83. The quantitative estimate of drug-likeness (QED) is 0.700. The summed E-state index contributed by atoms with van der Waals surface area (Å²) in [5, 5.41) is 0.623. The van der Waals surface area contributed by atoms with Gasteiger partial charge >= 0.3 is 0 Å². The van der Waals surface area contributed by atoms with Crippen LogP contribution in [0.4, 0.5) is 0 Å². The number of aryl methyl sites for hydroxylation is 1. The molecular formula is C8H12ClN3. The Hall–Kier alpha value is -0.670. The van der Waals surface area contributed by atoms with Crippen LogP contribution in [0.1, 0.15) is 11.5 Å². The summed E-state index contributed by atoms with van der Waals surface area (Å²) in [5.74, 6) is 0.807. The van der Waals surface area contributed by atoms with E-state index in [4.69, 9.17) is 11.6 Å². The molecule has 1 aromatic heterocycles. The Morgan fingerprint density at radius 1 is 1.50 bits per heavy atom. The van der Waals surface area contributed by atoms with Crippen LogP contribution < -0.4 is 0 Å². The molecule has 0 spiro atoms. The Labute approximate surface area is 77.4 Å². The first-order valence-corrected chi connectivity index (χ1v) is 4.10. The van der Waals surface area contributed by atoms with Crippen molar-refractivity contribution in [3.8, 4) is 0 Å². The van der Waals surface area contributed by atoms with Crippen molar-refractivity contribution >= 4 is 11.6 Å². The normalized spacial score (nSPS) is 10.8. The third kappa shape index (κ3) is 2.43. The summed E-state index contributed by atoms with van der Waals surface area (Å²) >= 11 is 5.78. The third-order valence-electron chi connectivity index (χ3n) is 1.43. The molecule has 0 aliphatic rings. The molecule has 0 bridgehead atoms. The molecule has 0 amide bonds. The first-order chi connectivity index (χ1) is 5.59. The third-order valence-corrected chi connectivity index (χ3v) is 1.80. The first-order valence-electron chi connectivity index (χ1n) is 3.72. The second-order valence-electron chi connectivity index (χ2n) is 2.96. The molecule has 0 aromatic carbocycles. The van der Waals surface area contributed by atoms with E-state index in [0.717, 1.165) is 18.1 Å². The van der Waals surface area contributed by atoms with Crippen LogP contribution in [0.3, 0.4) is 0 Å². The average molecular weight is 186 g/mol. The topological polar surface area (TPSA) is 29.0 Å². The molecule has 12 heavy (non-hydrogen) atoms. The molecule has 0 aliphatic heterocycles. The van der Waals surface area contributed by atoms with Crippen LogP contribution in [-0.2, 0) is 6.54 Å². The Bertz CT molecular complexity index is 273. The molecule has 66 valence electrons. The van der Waals surface area contributed by atoms with E-state index in [1.54, 1.807) is 6.20 Å². The summed E-state index contributed by atoms with van der Waals surface area (Å²) in [6.07, 6.45) is 1.64. The Balaban J connectivity index is 2.82. The van der Waals surface area contributed by atoms with Crippen molar-refractivity contribution < 1.29 is 0 Å². The molecule has 3 nitrogen and oxygen atoms in total. The van der Waals surface area contributed by atoms with Gasteiger partial charge in [0.15, 0.2) is 0 Å². The minimum atomic E-state index is 0.623. The van der Waals surface area contributed by atoms with Gasteiger partial charge in [0.05, 0.1) is 17.3 Å². The van der Waals surface area contributed by atoms with Crippen molar-refractivity contribution in [2.45, 2.75) is 13.5 Å². The number of halogens is 1. The maximum Gasteiger partial charge on any atom is 0.142 e. The van der Waals surface area contributed by atoms with Crippen molar-refractivity contribution in [3.63, 3.8) is 0 Å². The summed E-state index contributed by atoms with van der Waals surface area (Å²) in [6.45, 7) is 2.63. The van der Waals surface area contributed by atoms with Crippen LogP contribution in [0.5, 0.6) is 0 Å². The van der Waals surface area contributed by atoms with Gasteiger partial charge in [-0.15, -0.1) is 0 Å². The average Bonchev–Trinajstić information content (AvgIpc) is 1.96. The molecule has 0 aliphatic carbocycles. The fourth-order valence-corrected chi connectivity index (χ4v) is 0.951. The van der Waals surface area contributed by atoms with E-state index in [1.165, 1.54) is 0 Å². The number of hydrogen-bond donors (Lipinski definition) is 0. The Kier molecular flexibility index (Phi) is 3.00. The summed E-state index contributed by atoms with van der Waals surface area (Å²) in [7, 11) is 3.96. The molecular weight excluding hydrogens is 174 g/mol. The van der Waals surface area contributed by atoms with Gasteiger partial charge in [-0.25, -0.2) is 9.97 Å². The lowest BCUT2D eigenvalue weighted by Crippen LogP contribution is -2.13. The van der Waals surface area contributed by atoms with Crippen molar-refractivity contribution in [1.82, 2.24) is 14.9 Å². The van der Waals surface area contributed by atoms with Crippen LogP contribution in [-0.4, -0.2) is 29.0 Å². The molecule has 0 radical (unpaired) electrons. The first kappa shape index (κ1) is 9.42. The highest BCUT2D eigenvalue weighted by Gasteiger charge is 2.01. The fraction of sp³-hybridized carbons (Fsp3) is 0.500. The summed E-state index contributed by atoms with van der Waals surface area (Å²) in [5.41, 5.74) is 0.837. The highest BCUT2D eigenvalue weighted by atomic mass is 35.5. The fourth-order valence-electron chi connectivity index (χ4n) is 0.859. The largest absolute Gasteiger partial charge is 0.302 e. The number of aromatic nitrogens is 2. The molecule has 1 heterocycles. The van der Waals surface area contributed by atoms with E-state index in [0.29, 0.717) is 5.02 Å². The number of rotatable bonds is 2. The lowest BCUT2D eigenvalue weighted by molar-refractivity contribution is 0.390. The Morgan fingerprint density at radius 2 is 2.17 bits per heavy atom. The number of nitrogens with zero attached hydrogens (tertiary/aromatic N) is 3. The smallest absolute Gasteiger partial charge is 0.142 e. The molecule has 0 saturated heterocycles. The van der Waals surface area contributed by atoms with E-state index in [2.05, 4.69) is 9.97 Å². The van der Waals surface area contributed by atoms with Gasteiger partial charge in [-0.2, -0.15) is 0 Å². The van der Waals surface area contributed by atoms with E-state index < -0.39 is 0 Å². The van der Waals surface area contributed by atoms with Crippen molar-refractivity contribution in [2.24, 2.45) is 0 Å². The summed E-state index contributed by atoms with van der Waals surface area (Å²) < 4.78 is 0. The van der Waals surface area contributed by atoms with Gasteiger partial charge in [0.1, 0.15) is 5.82 Å². The van der Waals surface area contributed by atoms with Gasteiger partial charge in [0.2, 0.25) is 0 Å². The maximum atomic E-state index is 5.78. The van der Waals surface area contributed by atoms with E-state index in [9.17, 15) is 0 Å². The predicted molar refractivity (Wildman–Crippen MR) is 49.2 cm³/mol. The van der Waals surface area contributed by atoms with Crippen molar-refractivity contribution in [3.05, 3.63) is 22.7 Å². The SMILES string of the molecule is Cc1nc(CN(C)C)ncc1Cl. The van der Waals surface area contributed by atoms with E-state index >= 15 is 0 Å². The van der Waals surface area contributed by atoms with Crippen LogP contribution in [0.15, 0.2) is 6.20 Å². The Morgan fingerprint density at radius 3 is 2.67 bits per heavy atom. The highest BCUT2D eigenvalue weighted by molar-refractivity contribution is 6.31. The van der Waals surface area contributed by atoms with E-state index in [-0.39, 0.29) is 0 Å². The lowest BCUT2D eigenvalue weighted by atomic mass is 10.4. The standard InChI is InChI=1S/C8H12ClN3/c1-6-7(9)4-10-8(11-6)5-12(2)3/h4H,5H2,1-3H3. The van der Waals surface area contributed by atoms with Gasteiger partial charge in [-0.3, -0.25) is 0 Å². The van der Waals surface area contributed by atoms with Crippen LogP contribution in [0.25, 0.3) is 0 Å². The molecule has 0 unspecified atom stereocenters. The second-order valence-corrected chi connectivity index (χ2v) is 3.36. The van der Waals surface area contributed by atoms with Gasteiger partial charge in [-0.1, -0.05) is 11.6 Å². The lowest BCUT2D eigenvalue weighted by Gasteiger charge is -2.08. The van der Waals surface area contributed by atoms with Crippen molar-refractivity contribution in [1.29, 1.82) is 0 Å². The summed E-state index contributed by atoms with van der Waals surface area (Å²) in [4.78, 5) is 10.3. The predicted octanol–water partition coefficient (Wildman–Crippen LogP) is 1.50. The molecule has 0 fully saturated rings. The highest BCUT2D eigenvalue weighted by Crippen LogP contribution is 2.10. The van der Waals surface area contributed by atoms with Gasteiger partial charge in [-0.05, 0) is 21.0 Å². The zero-order valence-electron chi connectivity index (χ0n) is 7.50. The summed E-state index contributed by atoms with van der Waals surface area (Å²) in [6, 6.07) is 0. The van der Waals surface area contributed by atoms with Crippen LogP contribution in [0, 0.1) is 6.92 Å². The zero-order chi connectivity index (χ0) is 9.14. The molecule has 1 rings (SSSR count). The molecule has 0 N–H and O–H groups in total. The minimum absolute atomic E-state index is 0.623. The van der Waals surface area contributed by atoms with Crippen LogP contribution in [0.2, 0.25) is 5.02 Å².